The molecule has 1 rings (SSSR count). The average molecular weight is 202 g/mol. The summed E-state index contributed by atoms with van der Waals surface area (Å²) in [5.74, 6) is 0. The Morgan fingerprint density at radius 2 is 2.08 bits per heavy atom. The summed E-state index contributed by atoms with van der Waals surface area (Å²) in [5, 5.41) is 3.47. The third kappa shape index (κ3) is 3.70. The van der Waals surface area contributed by atoms with Crippen LogP contribution < -0.4 is 5.32 Å². The Labute approximate surface area is 86.5 Å². The number of halogens is 1. The molecule has 1 N–H and O–H groups in total. The molecule has 0 bridgehead atoms. The summed E-state index contributed by atoms with van der Waals surface area (Å²) in [6.45, 7) is 6.50. The topological polar surface area (TPSA) is 12.0 Å². The van der Waals surface area contributed by atoms with Crippen LogP contribution in [0.4, 0.5) is 0 Å². The summed E-state index contributed by atoms with van der Waals surface area (Å²) in [6, 6.07) is 0. The van der Waals surface area contributed by atoms with Crippen LogP contribution in [0, 0.1) is 5.41 Å². The predicted octanol–water partition coefficient (Wildman–Crippen LogP) is 3.30. The Bertz CT molecular complexity index is 181. The summed E-state index contributed by atoms with van der Waals surface area (Å²) >= 11 is 5.58. The molecule has 0 aromatic carbocycles. The van der Waals surface area contributed by atoms with Crippen LogP contribution in [0.5, 0.6) is 0 Å². The molecule has 1 nitrogen and oxygen atoms in total. The van der Waals surface area contributed by atoms with Crippen LogP contribution in [0.2, 0.25) is 0 Å². The van der Waals surface area contributed by atoms with Crippen molar-refractivity contribution >= 4 is 11.6 Å². The van der Waals surface area contributed by atoms with Gasteiger partial charge >= 0.3 is 0 Å². The lowest BCUT2D eigenvalue weighted by molar-refractivity contribution is 0.320. The molecule has 2 heteroatoms. The molecular formula is C11H20ClN. The highest BCUT2D eigenvalue weighted by atomic mass is 35.5. The quantitative estimate of drug-likeness (QED) is 0.736. The van der Waals surface area contributed by atoms with E-state index in [4.69, 9.17) is 11.6 Å². The van der Waals surface area contributed by atoms with Crippen molar-refractivity contribution in [2.45, 2.75) is 39.5 Å². The second kappa shape index (κ2) is 5.02. The zero-order chi connectivity index (χ0) is 9.73. The van der Waals surface area contributed by atoms with E-state index in [1.807, 2.05) is 0 Å². The fourth-order valence-corrected chi connectivity index (χ4v) is 2.08. The number of hydrogen-bond donors (Lipinski definition) is 1. The van der Waals surface area contributed by atoms with Gasteiger partial charge in [0.25, 0.3) is 0 Å². The average Bonchev–Trinajstić information content (AvgIpc) is 2.52. The smallest absolute Gasteiger partial charge is 0.0173 e. The summed E-state index contributed by atoms with van der Waals surface area (Å²) in [4.78, 5) is 0. The minimum atomic E-state index is 0.548. The van der Waals surface area contributed by atoms with Gasteiger partial charge in [0, 0.05) is 18.6 Å². The highest BCUT2D eigenvalue weighted by Gasteiger charge is 2.27. The van der Waals surface area contributed by atoms with Gasteiger partial charge in [-0.3, -0.25) is 0 Å². The molecule has 0 heterocycles. The second-order valence-corrected chi connectivity index (χ2v) is 4.79. The molecule has 1 aliphatic rings. The SMILES string of the molecule is CC(=CCl)CNCC1(C)CCCC1. The third-order valence-corrected chi connectivity index (χ3v) is 3.33. The Hall–Kier alpha value is -0.0100. The first-order valence-corrected chi connectivity index (χ1v) is 5.56. The van der Waals surface area contributed by atoms with Gasteiger partial charge in [-0.05, 0) is 30.8 Å². The molecule has 0 aromatic heterocycles. The van der Waals surface area contributed by atoms with E-state index >= 15 is 0 Å². The lowest BCUT2D eigenvalue weighted by atomic mass is 9.89. The van der Waals surface area contributed by atoms with E-state index in [-0.39, 0.29) is 0 Å². The van der Waals surface area contributed by atoms with E-state index in [1.54, 1.807) is 5.54 Å². The van der Waals surface area contributed by atoms with E-state index in [2.05, 4.69) is 19.2 Å². The zero-order valence-corrected chi connectivity index (χ0v) is 9.45. The molecule has 0 aliphatic heterocycles. The Morgan fingerprint density at radius 1 is 1.46 bits per heavy atom. The van der Waals surface area contributed by atoms with Crippen LogP contribution in [-0.2, 0) is 0 Å². The van der Waals surface area contributed by atoms with Crippen molar-refractivity contribution < 1.29 is 0 Å². The number of rotatable bonds is 4. The molecule has 13 heavy (non-hydrogen) atoms. The van der Waals surface area contributed by atoms with Crippen LogP contribution in [0.3, 0.4) is 0 Å². The van der Waals surface area contributed by atoms with Gasteiger partial charge in [0.1, 0.15) is 0 Å². The van der Waals surface area contributed by atoms with Gasteiger partial charge < -0.3 is 5.32 Å². The van der Waals surface area contributed by atoms with E-state index in [9.17, 15) is 0 Å². The van der Waals surface area contributed by atoms with Gasteiger partial charge in [-0.25, -0.2) is 0 Å². The van der Waals surface area contributed by atoms with Gasteiger partial charge in [0.05, 0.1) is 0 Å². The van der Waals surface area contributed by atoms with E-state index < -0.39 is 0 Å². The minimum Gasteiger partial charge on any atom is -0.312 e. The lowest BCUT2D eigenvalue weighted by Gasteiger charge is -2.23. The van der Waals surface area contributed by atoms with Crippen molar-refractivity contribution in [3.05, 3.63) is 11.1 Å². The molecule has 76 valence electrons. The maximum atomic E-state index is 5.58. The Morgan fingerprint density at radius 3 is 2.62 bits per heavy atom. The maximum Gasteiger partial charge on any atom is 0.0173 e. The number of nitrogens with one attached hydrogen (secondary N) is 1. The highest BCUT2D eigenvalue weighted by molar-refractivity contribution is 6.25. The molecule has 0 radical (unpaired) electrons. The standard InChI is InChI=1S/C11H20ClN/c1-10(7-12)8-13-9-11(2)5-3-4-6-11/h7,13H,3-6,8-9H2,1-2H3. The third-order valence-electron chi connectivity index (χ3n) is 2.95. The summed E-state index contributed by atoms with van der Waals surface area (Å²) in [7, 11) is 0. The van der Waals surface area contributed by atoms with Crippen molar-refractivity contribution in [2.24, 2.45) is 5.41 Å². The minimum absolute atomic E-state index is 0.548. The van der Waals surface area contributed by atoms with Crippen LogP contribution in [-0.4, -0.2) is 13.1 Å². The van der Waals surface area contributed by atoms with Gasteiger partial charge in [-0.15, -0.1) is 0 Å². The Kier molecular flexibility index (Phi) is 4.27. The fourth-order valence-electron chi connectivity index (χ4n) is 2.01. The second-order valence-electron chi connectivity index (χ2n) is 4.58. The van der Waals surface area contributed by atoms with E-state index in [1.165, 1.54) is 31.3 Å². The first-order chi connectivity index (χ1) is 6.16. The predicted molar refractivity (Wildman–Crippen MR) is 59.1 cm³/mol. The first kappa shape index (κ1) is 11.1. The van der Waals surface area contributed by atoms with Crippen LogP contribution in [0.1, 0.15) is 39.5 Å². The molecule has 1 saturated carbocycles. The molecule has 0 saturated heterocycles. The summed E-state index contributed by atoms with van der Waals surface area (Å²) < 4.78 is 0. The van der Waals surface area contributed by atoms with Crippen molar-refractivity contribution in [1.82, 2.24) is 5.32 Å². The molecule has 0 unspecified atom stereocenters. The fraction of sp³-hybridized carbons (Fsp3) is 0.818. The van der Waals surface area contributed by atoms with Crippen molar-refractivity contribution in [2.75, 3.05) is 13.1 Å². The van der Waals surface area contributed by atoms with Gasteiger partial charge in [0.15, 0.2) is 0 Å². The summed E-state index contributed by atoms with van der Waals surface area (Å²) in [5.41, 5.74) is 3.42. The van der Waals surface area contributed by atoms with E-state index in [0.29, 0.717) is 5.41 Å². The van der Waals surface area contributed by atoms with Crippen molar-refractivity contribution in [3.8, 4) is 0 Å². The Balaban J connectivity index is 2.18. The molecule has 0 atom stereocenters. The maximum absolute atomic E-state index is 5.58. The lowest BCUT2D eigenvalue weighted by Crippen LogP contribution is -2.30. The zero-order valence-electron chi connectivity index (χ0n) is 8.70. The molecule has 1 fully saturated rings. The molecule has 0 amide bonds. The molecule has 1 aliphatic carbocycles. The van der Waals surface area contributed by atoms with Gasteiger partial charge in [-0.1, -0.05) is 31.4 Å². The largest absolute Gasteiger partial charge is 0.312 e. The van der Waals surface area contributed by atoms with Crippen molar-refractivity contribution in [3.63, 3.8) is 0 Å². The van der Waals surface area contributed by atoms with Crippen LogP contribution in [0.15, 0.2) is 11.1 Å². The molecule has 0 spiro atoms. The highest BCUT2D eigenvalue weighted by Crippen LogP contribution is 2.36. The monoisotopic (exact) mass is 201 g/mol. The van der Waals surface area contributed by atoms with Gasteiger partial charge in [0.2, 0.25) is 0 Å². The number of hydrogen-bond acceptors (Lipinski definition) is 1. The van der Waals surface area contributed by atoms with Crippen molar-refractivity contribution in [1.29, 1.82) is 0 Å². The van der Waals surface area contributed by atoms with Gasteiger partial charge in [-0.2, -0.15) is 0 Å². The van der Waals surface area contributed by atoms with Crippen LogP contribution in [0.25, 0.3) is 0 Å². The molecule has 0 aromatic rings. The first-order valence-electron chi connectivity index (χ1n) is 5.13. The van der Waals surface area contributed by atoms with Crippen LogP contribution >= 0.6 is 11.6 Å². The normalized spacial score (nSPS) is 22.2. The summed E-state index contributed by atoms with van der Waals surface area (Å²) in [6.07, 6.45) is 5.57. The van der Waals surface area contributed by atoms with E-state index in [0.717, 1.165) is 13.1 Å². The molecular weight excluding hydrogens is 182 g/mol.